The number of aliphatic carboxylic acids is 1. The van der Waals surface area contributed by atoms with Crippen LogP contribution in [0.4, 0.5) is 4.79 Å². The number of carbonyl (C=O) groups is 2. The summed E-state index contributed by atoms with van der Waals surface area (Å²) in [4.78, 5) is 22.7. The molecule has 0 bridgehead atoms. The fourth-order valence-electron chi connectivity index (χ4n) is 2.29. The number of ether oxygens (including phenoxy) is 1. The highest BCUT2D eigenvalue weighted by Gasteiger charge is 2.44. The third kappa shape index (κ3) is 4.37. The van der Waals surface area contributed by atoms with Crippen LogP contribution < -0.4 is 10.6 Å². The van der Waals surface area contributed by atoms with Crippen LogP contribution in [0.15, 0.2) is 0 Å². The second-order valence-corrected chi connectivity index (χ2v) is 5.92. The molecular weight excluding hydrogens is 260 g/mol. The summed E-state index contributed by atoms with van der Waals surface area (Å²) < 4.78 is 5.46. The lowest BCUT2D eigenvalue weighted by Gasteiger charge is -2.37. The second kappa shape index (κ2) is 6.92. The topological polar surface area (TPSA) is 87.7 Å². The van der Waals surface area contributed by atoms with E-state index in [-0.39, 0.29) is 12.6 Å². The van der Waals surface area contributed by atoms with Gasteiger partial charge in [0.2, 0.25) is 0 Å². The molecule has 0 aromatic heterocycles. The maximum atomic E-state index is 11.5. The van der Waals surface area contributed by atoms with Crippen LogP contribution in [0.5, 0.6) is 0 Å². The van der Waals surface area contributed by atoms with Crippen molar-refractivity contribution in [2.75, 3.05) is 26.3 Å². The molecule has 0 aromatic rings. The maximum Gasteiger partial charge on any atom is 0.314 e. The van der Waals surface area contributed by atoms with Crippen molar-refractivity contribution in [1.29, 1.82) is 0 Å². The Bertz CT molecular complexity index is 351. The zero-order valence-corrected chi connectivity index (χ0v) is 11.8. The van der Waals surface area contributed by atoms with E-state index in [4.69, 9.17) is 9.84 Å². The van der Waals surface area contributed by atoms with Crippen molar-refractivity contribution >= 4 is 12.0 Å². The summed E-state index contributed by atoms with van der Waals surface area (Å²) in [5.41, 5.74) is -0.731. The Kier molecular flexibility index (Phi) is 5.23. The van der Waals surface area contributed by atoms with Crippen LogP contribution in [-0.2, 0) is 9.53 Å². The third-order valence-electron chi connectivity index (χ3n) is 4.15. The lowest BCUT2D eigenvalue weighted by atomic mass is 9.69. The molecule has 114 valence electrons. The van der Waals surface area contributed by atoms with E-state index in [0.29, 0.717) is 26.0 Å². The van der Waals surface area contributed by atoms with Gasteiger partial charge >= 0.3 is 12.0 Å². The maximum absolute atomic E-state index is 11.5. The molecule has 6 heteroatoms. The Hall–Kier alpha value is -1.30. The molecule has 0 saturated heterocycles. The fraction of sp³-hybridized carbons (Fsp3) is 0.857. The van der Waals surface area contributed by atoms with Gasteiger partial charge in [0.05, 0.1) is 5.41 Å². The molecule has 2 saturated carbocycles. The number of hydrogen-bond acceptors (Lipinski definition) is 3. The molecule has 2 aliphatic carbocycles. The van der Waals surface area contributed by atoms with Gasteiger partial charge in [-0.2, -0.15) is 0 Å². The summed E-state index contributed by atoms with van der Waals surface area (Å²) in [5.74, 6) is -0.0431. The summed E-state index contributed by atoms with van der Waals surface area (Å²) in [6, 6.07) is -0.292. The van der Waals surface area contributed by atoms with Crippen LogP contribution in [0.1, 0.15) is 38.5 Å². The number of carboxylic acids is 1. The van der Waals surface area contributed by atoms with E-state index in [1.54, 1.807) is 0 Å². The first-order valence-corrected chi connectivity index (χ1v) is 7.45. The molecule has 0 spiro atoms. The first kappa shape index (κ1) is 15.1. The standard InChI is InChI=1S/C14H24N2O4/c17-12(18)14(5-1-6-14)10-16-13(19)15-7-2-8-20-9-11-3-4-11/h11H,1-10H2,(H,17,18)(H2,15,16,19). The van der Waals surface area contributed by atoms with Crippen molar-refractivity contribution in [2.24, 2.45) is 11.3 Å². The number of rotatable bonds is 9. The molecule has 0 aromatic carbocycles. The quantitative estimate of drug-likeness (QED) is 0.558. The van der Waals surface area contributed by atoms with E-state index in [1.165, 1.54) is 12.8 Å². The Morgan fingerprint density at radius 3 is 2.55 bits per heavy atom. The van der Waals surface area contributed by atoms with Crippen LogP contribution in [0.2, 0.25) is 0 Å². The van der Waals surface area contributed by atoms with Gasteiger partial charge in [0.15, 0.2) is 0 Å². The summed E-state index contributed by atoms with van der Waals surface area (Å²) in [7, 11) is 0. The van der Waals surface area contributed by atoms with Crippen LogP contribution in [0.3, 0.4) is 0 Å². The SMILES string of the molecule is O=C(NCCCOCC1CC1)NCC1(C(=O)O)CCC1. The minimum atomic E-state index is -0.808. The molecule has 6 nitrogen and oxygen atoms in total. The lowest BCUT2D eigenvalue weighted by molar-refractivity contribution is -0.153. The van der Waals surface area contributed by atoms with Crippen LogP contribution >= 0.6 is 0 Å². The molecular formula is C14H24N2O4. The third-order valence-corrected chi connectivity index (χ3v) is 4.15. The number of urea groups is 1. The van der Waals surface area contributed by atoms with Crippen molar-refractivity contribution < 1.29 is 19.4 Å². The molecule has 20 heavy (non-hydrogen) atoms. The molecule has 2 amide bonds. The minimum Gasteiger partial charge on any atom is -0.481 e. The van der Waals surface area contributed by atoms with Crippen LogP contribution in [0.25, 0.3) is 0 Å². The zero-order valence-electron chi connectivity index (χ0n) is 11.8. The lowest BCUT2D eigenvalue weighted by Crippen LogP contribution is -2.49. The van der Waals surface area contributed by atoms with E-state index in [1.807, 2.05) is 0 Å². The van der Waals surface area contributed by atoms with Gasteiger partial charge in [-0.25, -0.2) is 4.79 Å². The summed E-state index contributed by atoms with van der Waals surface area (Å²) in [6.07, 6.45) is 5.57. The van der Waals surface area contributed by atoms with Gasteiger partial charge < -0.3 is 20.5 Å². The van der Waals surface area contributed by atoms with Crippen molar-refractivity contribution in [3.05, 3.63) is 0 Å². The van der Waals surface area contributed by atoms with Crippen molar-refractivity contribution in [1.82, 2.24) is 10.6 Å². The largest absolute Gasteiger partial charge is 0.481 e. The average Bonchev–Trinajstić information content (AvgIpc) is 3.15. The van der Waals surface area contributed by atoms with Gasteiger partial charge in [-0.15, -0.1) is 0 Å². The van der Waals surface area contributed by atoms with Gasteiger partial charge in [-0.3, -0.25) is 4.79 Å². The van der Waals surface area contributed by atoms with Gasteiger partial charge in [-0.1, -0.05) is 6.42 Å². The van der Waals surface area contributed by atoms with E-state index in [2.05, 4.69) is 10.6 Å². The van der Waals surface area contributed by atoms with Gasteiger partial charge in [0.1, 0.15) is 0 Å². The second-order valence-electron chi connectivity index (χ2n) is 5.92. The Labute approximate surface area is 119 Å². The first-order valence-electron chi connectivity index (χ1n) is 7.45. The Balaban J connectivity index is 1.48. The van der Waals surface area contributed by atoms with Gasteiger partial charge in [0.25, 0.3) is 0 Å². The number of carbonyl (C=O) groups excluding carboxylic acids is 1. The Morgan fingerprint density at radius 2 is 2.00 bits per heavy atom. The van der Waals surface area contributed by atoms with E-state index in [0.717, 1.165) is 25.4 Å². The van der Waals surface area contributed by atoms with Gasteiger partial charge in [0, 0.05) is 26.3 Å². The smallest absolute Gasteiger partial charge is 0.314 e. The average molecular weight is 284 g/mol. The number of carboxylic acid groups (broad SMARTS) is 1. The predicted molar refractivity (Wildman–Crippen MR) is 73.5 cm³/mol. The number of nitrogens with one attached hydrogen (secondary N) is 2. The van der Waals surface area contributed by atoms with E-state index in [9.17, 15) is 9.59 Å². The first-order chi connectivity index (χ1) is 9.62. The molecule has 2 rings (SSSR count). The highest BCUT2D eigenvalue weighted by Crippen LogP contribution is 2.40. The minimum absolute atomic E-state index is 0.215. The number of hydrogen-bond donors (Lipinski definition) is 3. The van der Waals surface area contributed by atoms with Crippen molar-refractivity contribution in [2.45, 2.75) is 38.5 Å². The molecule has 0 heterocycles. The molecule has 0 atom stereocenters. The molecule has 2 aliphatic rings. The molecule has 0 aliphatic heterocycles. The number of amides is 2. The van der Waals surface area contributed by atoms with Crippen molar-refractivity contribution in [3.63, 3.8) is 0 Å². The summed E-state index contributed by atoms with van der Waals surface area (Å²) in [6.45, 7) is 2.27. The monoisotopic (exact) mass is 284 g/mol. The van der Waals surface area contributed by atoms with E-state index < -0.39 is 11.4 Å². The highest BCUT2D eigenvalue weighted by molar-refractivity contribution is 5.78. The molecule has 0 unspecified atom stereocenters. The summed E-state index contributed by atoms with van der Waals surface area (Å²) in [5, 5.41) is 14.5. The zero-order chi connectivity index (χ0) is 14.4. The summed E-state index contributed by atoms with van der Waals surface area (Å²) >= 11 is 0. The highest BCUT2D eigenvalue weighted by atomic mass is 16.5. The van der Waals surface area contributed by atoms with Crippen molar-refractivity contribution in [3.8, 4) is 0 Å². The molecule has 3 N–H and O–H groups in total. The molecule has 2 fully saturated rings. The van der Waals surface area contributed by atoms with Crippen LogP contribution in [0, 0.1) is 11.3 Å². The predicted octanol–water partition coefficient (Wildman–Crippen LogP) is 1.36. The Morgan fingerprint density at radius 1 is 1.25 bits per heavy atom. The molecule has 0 radical (unpaired) electrons. The van der Waals surface area contributed by atoms with E-state index >= 15 is 0 Å². The van der Waals surface area contributed by atoms with Crippen LogP contribution in [-0.4, -0.2) is 43.4 Å². The normalized spacial score (nSPS) is 20.0. The van der Waals surface area contributed by atoms with Gasteiger partial charge in [-0.05, 0) is 38.0 Å². The fourth-order valence-corrected chi connectivity index (χ4v) is 2.29.